The van der Waals surface area contributed by atoms with Gasteiger partial charge in [0.2, 0.25) is 11.8 Å². The van der Waals surface area contributed by atoms with Gasteiger partial charge >= 0.3 is 0 Å². The molecule has 0 radical (unpaired) electrons. The number of thioether (sulfide) groups is 1. The van der Waals surface area contributed by atoms with E-state index in [2.05, 4.69) is 17.6 Å². The summed E-state index contributed by atoms with van der Waals surface area (Å²) in [6, 6.07) is 7.99. The van der Waals surface area contributed by atoms with E-state index in [1.807, 2.05) is 24.3 Å². The summed E-state index contributed by atoms with van der Waals surface area (Å²) in [6.07, 6.45) is 4.79. The average molecular weight is 318 g/mol. The summed E-state index contributed by atoms with van der Waals surface area (Å²) in [5.41, 5.74) is 0.843. The number of nitrogens with one attached hydrogen (secondary N) is 2. The van der Waals surface area contributed by atoms with Crippen LogP contribution in [0.25, 0.3) is 0 Å². The van der Waals surface area contributed by atoms with Gasteiger partial charge in [0.05, 0.1) is 10.9 Å². The molecular formula is C17H22N2O2S. The second-order valence-corrected chi connectivity index (χ2v) is 7.58. The molecule has 1 aromatic carbocycles. The highest BCUT2D eigenvalue weighted by atomic mass is 32.2. The second-order valence-electron chi connectivity index (χ2n) is 6.33. The van der Waals surface area contributed by atoms with E-state index in [0.29, 0.717) is 5.92 Å². The van der Waals surface area contributed by atoms with Crippen LogP contribution in [0.1, 0.15) is 39.0 Å². The summed E-state index contributed by atoms with van der Waals surface area (Å²) in [5, 5.41) is 5.66. The van der Waals surface area contributed by atoms with Crippen LogP contribution in [0.2, 0.25) is 0 Å². The molecule has 22 heavy (non-hydrogen) atoms. The van der Waals surface area contributed by atoms with Crippen molar-refractivity contribution in [2.75, 3.05) is 5.32 Å². The van der Waals surface area contributed by atoms with Crippen LogP contribution in [-0.4, -0.2) is 23.1 Å². The lowest BCUT2D eigenvalue weighted by atomic mass is 9.87. The zero-order valence-corrected chi connectivity index (χ0v) is 13.6. The Balaban J connectivity index is 1.56. The van der Waals surface area contributed by atoms with Gasteiger partial charge in [0.15, 0.2) is 0 Å². The van der Waals surface area contributed by atoms with E-state index in [9.17, 15) is 9.59 Å². The van der Waals surface area contributed by atoms with Crippen molar-refractivity contribution in [3.8, 4) is 0 Å². The van der Waals surface area contributed by atoms with E-state index in [1.165, 1.54) is 24.6 Å². The first-order chi connectivity index (χ1) is 10.6. The smallest absolute Gasteiger partial charge is 0.238 e. The number of hydrogen-bond acceptors (Lipinski definition) is 3. The van der Waals surface area contributed by atoms with Crippen LogP contribution < -0.4 is 10.6 Å². The Bertz CT molecular complexity index is 576. The summed E-state index contributed by atoms with van der Waals surface area (Å²) >= 11 is 1.48. The molecule has 1 fully saturated rings. The van der Waals surface area contributed by atoms with Crippen molar-refractivity contribution in [1.82, 2.24) is 5.32 Å². The second kappa shape index (κ2) is 6.73. The Hall–Kier alpha value is -1.49. The topological polar surface area (TPSA) is 58.2 Å². The third-order valence-electron chi connectivity index (χ3n) is 4.38. The molecule has 118 valence electrons. The van der Waals surface area contributed by atoms with Crippen molar-refractivity contribution in [3.63, 3.8) is 0 Å². The zero-order chi connectivity index (χ0) is 15.5. The minimum atomic E-state index is -0.337. The van der Waals surface area contributed by atoms with E-state index < -0.39 is 0 Å². The van der Waals surface area contributed by atoms with Crippen molar-refractivity contribution < 1.29 is 9.59 Å². The fourth-order valence-corrected chi connectivity index (χ4v) is 4.36. The molecule has 1 heterocycles. The Morgan fingerprint density at radius 2 is 2.18 bits per heavy atom. The Morgan fingerprint density at radius 3 is 3.00 bits per heavy atom. The van der Waals surface area contributed by atoms with Gasteiger partial charge in [0.1, 0.15) is 0 Å². The van der Waals surface area contributed by atoms with Gasteiger partial charge in [0.25, 0.3) is 0 Å². The van der Waals surface area contributed by atoms with E-state index in [-0.39, 0.29) is 29.5 Å². The molecule has 0 spiro atoms. The van der Waals surface area contributed by atoms with E-state index in [4.69, 9.17) is 0 Å². The normalized spacial score (nSPS) is 27.7. The van der Waals surface area contributed by atoms with Gasteiger partial charge in [-0.3, -0.25) is 9.59 Å². The highest BCUT2D eigenvalue weighted by Gasteiger charge is 2.29. The summed E-state index contributed by atoms with van der Waals surface area (Å²) in [6.45, 7) is 2.24. The predicted molar refractivity (Wildman–Crippen MR) is 88.9 cm³/mol. The number of para-hydroxylation sites is 1. The van der Waals surface area contributed by atoms with Crippen LogP contribution in [0, 0.1) is 5.92 Å². The number of rotatable bonds is 3. The lowest BCUT2D eigenvalue weighted by molar-refractivity contribution is -0.124. The van der Waals surface area contributed by atoms with Crippen LogP contribution in [-0.2, 0) is 9.59 Å². The van der Waals surface area contributed by atoms with Crippen LogP contribution in [0.5, 0.6) is 0 Å². The maximum absolute atomic E-state index is 12.2. The minimum absolute atomic E-state index is 0.00821. The molecule has 4 nitrogen and oxygen atoms in total. The van der Waals surface area contributed by atoms with Crippen LogP contribution in [0.4, 0.5) is 5.69 Å². The molecule has 5 heteroatoms. The minimum Gasteiger partial charge on any atom is -0.353 e. The van der Waals surface area contributed by atoms with Gasteiger partial charge in [-0.05, 0) is 30.9 Å². The van der Waals surface area contributed by atoms with Crippen LogP contribution in [0.3, 0.4) is 0 Å². The van der Waals surface area contributed by atoms with Crippen molar-refractivity contribution in [2.45, 2.75) is 55.2 Å². The molecule has 2 aliphatic rings. The van der Waals surface area contributed by atoms with E-state index >= 15 is 0 Å². The quantitative estimate of drug-likeness (QED) is 0.900. The number of anilines is 1. The third kappa shape index (κ3) is 3.64. The molecule has 3 unspecified atom stereocenters. The Labute approximate surface area is 135 Å². The molecule has 3 atom stereocenters. The molecule has 2 N–H and O–H groups in total. The Morgan fingerprint density at radius 1 is 1.36 bits per heavy atom. The van der Waals surface area contributed by atoms with Gasteiger partial charge in [-0.25, -0.2) is 0 Å². The van der Waals surface area contributed by atoms with Crippen molar-refractivity contribution in [1.29, 1.82) is 0 Å². The first-order valence-corrected chi connectivity index (χ1v) is 8.85. The molecule has 1 aliphatic carbocycles. The van der Waals surface area contributed by atoms with Crippen LogP contribution >= 0.6 is 11.8 Å². The van der Waals surface area contributed by atoms with Gasteiger partial charge in [-0.2, -0.15) is 0 Å². The molecule has 1 aromatic rings. The fraction of sp³-hybridized carbons (Fsp3) is 0.529. The highest BCUT2D eigenvalue weighted by Crippen LogP contribution is 2.36. The van der Waals surface area contributed by atoms with Gasteiger partial charge < -0.3 is 10.6 Å². The summed E-state index contributed by atoms with van der Waals surface area (Å²) < 4.78 is 0. The monoisotopic (exact) mass is 318 g/mol. The summed E-state index contributed by atoms with van der Waals surface area (Å²) in [7, 11) is 0. The van der Waals surface area contributed by atoms with Crippen LogP contribution in [0.15, 0.2) is 29.2 Å². The molecule has 0 aromatic heterocycles. The molecule has 1 aliphatic heterocycles. The fourth-order valence-electron chi connectivity index (χ4n) is 3.25. The first kappa shape index (κ1) is 15.4. The Kier molecular flexibility index (Phi) is 4.71. The molecule has 0 saturated heterocycles. The molecule has 2 amide bonds. The summed E-state index contributed by atoms with van der Waals surface area (Å²) in [4.78, 5) is 25.4. The zero-order valence-electron chi connectivity index (χ0n) is 12.8. The maximum atomic E-state index is 12.2. The highest BCUT2D eigenvalue weighted by molar-refractivity contribution is 8.01. The van der Waals surface area contributed by atoms with Gasteiger partial charge in [-0.15, -0.1) is 11.8 Å². The lowest BCUT2D eigenvalue weighted by Crippen LogP contribution is -2.41. The first-order valence-electron chi connectivity index (χ1n) is 7.97. The molecule has 0 bridgehead atoms. The van der Waals surface area contributed by atoms with E-state index in [1.54, 1.807) is 0 Å². The van der Waals surface area contributed by atoms with Crippen molar-refractivity contribution in [2.24, 2.45) is 5.92 Å². The van der Waals surface area contributed by atoms with Crippen molar-refractivity contribution in [3.05, 3.63) is 24.3 Å². The van der Waals surface area contributed by atoms with Gasteiger partial charge in [-0.1, -0.05) is 31.9 Å². The van der Waals surface area contributed by atoms with Crippen molar-refractivity contribution >= 4 is 29.3 Å². The number of fused-ring (bicyclic) bond motifs is 1. The largest absolute Gasteiger partial charge is 0.353 e. The number of carbonyl (C=O) groups is 2. The standard InChI is InChI=1S/C17H22N2O2S/c1-11-5-4-6-12(9-11)18-16(20)10-15-17(21)19-13-7-2-3-8-14(13)22-15/h2-3,7-8,11-12,15H,4-6,9-10H2,1H3,(H,18,20)(H,19,21). The average Bonchev–Trinajstić information content (AvgIpc) is 2.48. The maximum Gasteiger partial charge on any atom is 0.238 e. The molecular weight excluding hydrogens is 296 g/mol. The number of amides is 2. The summed E-state index contributed by atoms with van der Waals surface area (Å²) in [5.74, 6) is 0.597. The molecule has 1 saturated carbocycles. The van der Waals surface area contributed by atoms with Gasteiger partial charge in [0, 0.05) is 17.4 Å². The third-order valence-corrected chi connectivity index (χ3v) is 5.65. The predicted octanol–water partition coefficient (Wildman–Crippen LogP) is 3.18. The number of benzene rings is 1. The van der Waals surface area contributed by atoms with E-state index in [0.717, 1.165) is 23.4 Å². The lowest BCUT2D eigenvalue weighted by Gasteiger charge is -2.28. The molecule has 3 rings (SSSR count). The number of carbonyl (C=O) groups excluding carboxylic acids is 2. The SMILES string of the molecule is CC1CCCC(NC(=O)CC2Sc3ccccc3NC2=O)C1. The number of hydrogen-bond donors (Lipinski definition) is 2.